The van der Waals surface area contributed by atoms with Crippen LogP contribution in [0.25, 0.3) is 11.3 Å². The molecule has 0 atom stereocenters. The molecular weight excluding hydrogens is 254 g/mol. The fourth-order valence-corrected chi connectivity index (χ4v) is 1.92. The fourth-order valence-electron chi connectivity index (χ4n) is 1.92. The Bertz CT molecular complexity index is 671. The minimum atomic E-state index is 0.520. The van der Waals surface area contributed by atoms with Crippen molar-refractivity contribution < 1.29 is 0 Å². The van der Waals surface area contributed by atoms with Crippen molar-refractivity contribution in [2.24, 2.45) is 0 Å². The van der Waals surface area contributed by atoms with Gasteiger partial charge in [0.05, 0.1) is 18.4 Å². The van der Waals surface area contributed by atoms with Gasteiger partial charge in [0.15, 0.2) is 0 Å². The van der Waals surface area contributed by atoms with Crippen LogP contribution in [0.15, 0.2) is 36.5 Å². The molecule has 0 saturated carbocycles. The van der Waals surface area contributed by atoms with E-state index in [0.29, 0.717) is 19.0 Å². The SMILES string of the molecule is CCn1nnc(NCc2cn[nH]c2-c2ccccc2)n1. The standard InChI is InChI=1S/C13H15N7/c1-2-20-18-13(17-19-20)14-8-11-9-15-16-12(11)10-6-4-3-5-7-10/h3-7,9H,2,8H2,1H3,(H,14,18)(H,15,16). The van der Waals surface area contributed by atoms with E-state index >= 15 is 0 Å². The Morgan fingerprint density at radius 2 is 2.10 bits per heavy atom. The average molecular weight is 269 g/mol. The zero-order chi connectivity index (χ0) is 13.8. The maximum atomic E-state index is 4.18. The molecule has 0 fully saturated rings. The van der Waals surface area contributed by atoms with Gasteiger partial charge in [-0.1, -0.05) is 35.4 Å². The molecule has 2 N–H and O–H groups in total. The Morgan fingerprint density at radius 1 is 1.25 bits per heavy atom. The summed E-state index contributed by atoms with van der Waals surface area (Å²) in [6.45, 7) is 3.26. The smallest absolute Gasteiger partial charge is 0.263 e. The fraction of sp³-hybridized carbons (Fsp3) is 0.231. The summed E-state index contributed by atoms with van der Waals surface area (Å²) in [5.41, 5.74) is 3.16. The molecule has 0 saturated heterocycles. The van der Waals surface area contributed by atoms with Gasteiger partial charge in [-0.05, 0) is 17.7 Å². The number of hydrogen-bond donors (Lipinski definition) is 2. The third kappa shape index (κ3) is 2.51. The molecule has 3 aromatic rings. The van der Waals surface area contributed by atoms with E-state index < -0.39 is 0 Å². The molecule has 1 aromatic carbocycles. The molecule has 7 heteroatoms. The molecule has 0 aliphatic heterocycles. The molecule has 0 amide bonds. The molecule has 102 valence electrons. The quantitative estimate of drug-likeness (QED) is 0.736. The average Bonchev–Trinajstić information content (AvgIpc) is 3.15. The molecule has 0 radical (unpaired) electrons. The van der Waals surface area contributed by atoms with Crippen LogP contribution in [-0.2, 0) is 13.1 Å². The van der Waals surface area contributed by atoms with Gasteiger partial charge in [-0.2, -0.15) is 9.90 Å². The maximum absolute atomic E-state index is 4.18. The number of rotatable bonds is 5. The lowest BCUT2D eigenvalue weighted by Crippen LogP contribution is -2.03. The lowest BCUT2D eigenvalue weighted by Gasteiger charge is -2.03. The summed E-state index contributed by atoms with van der Waals surface area (Å²) in [5.74, 6) is 0.520. The highest BCUT2D eigenvalue weighted by molar-refractivity contribution is 5.62. The molecule has 0 bridgehead atoms. The molecule has 2 aromatic heterocycles. The van der Waals surface area contributed by atoms with Gasteiger partial charge >= 0.3 is 0 Å². The number of nitrogens with zero attached hydrogens (tertiary/aromatic N) is 5. The van der Waals surface area contributed by atoms with Crippen LogP contribution in [0.2, 0.25) is 0 Å². The zero-order valence-electron chi connectivity index (χ0n) is 11.1. The van der Waals surface area contributed by atoms with Crippen LogP contribution in [0.1, 0.15) is 12.5 Å². The first kappa shape index (κ1) is 12.3. The van der Waals surface area contributed by atoms with Gasteiger partial charge in [0.25, 0.3) is 5.95 Å². The molecule has 7 nitrogen and oxygen atoms in total. The minimum absolute atomic E-state index is 0.520. The Balaban J connectivity index is 1.74. The normalized spacial score (nSPS) is 10.7. The number of benzene rings is 1. The first-order valence-electron chi connectivity index (χ1n) is 6.46. The van der Waals surface area contributed by atoms with Gasteiger partial charge < -0.3 is 5.32 Å². The van der Waals surface area contributed by atoms with Crippen molar-refractivity contribution in [2.75, 3.05) is 5.32 Å². The Morgan fingerprint density at radius 3 is 2.85 bits per heavy atom. The predicted molar refractivity (Wildman–Crippen MR) is 74.8 cm³/mol. The summed E-state index contributed by atoms with van der Waals surface area (Å²) >= 11 is 0. The number of anilines is 1. The zero-order valence-corrected chi connectivity index (χ0v) is 11.1. The Hall–Kier alpha value is -2.70. The number of aromatic amines is 1. The van der Waals surface area contributed by atoms with E-state index in [1.807, 2.05) is 37.3 Å². The Labute approximate surface area is 116 Å². The first-order chi connectivity index (χ1) is 9.86. The Kier molecular flexibility index (Phi) is 3.40. The summed E-state index contributed by atoms with van der Waals surface area (Å²) in [5, 5.41) is 22.3. The first-order valence-corrected chi connectivity index (χ1v) is 6.46. The van der Waals surface area contributed by atoms with E-state index in [-0.39, 0.29) is 0 Å². The number of tetrazole rings is 1. The van der Waals surface area contributed by atoms with E-state index in [4.69, 9.17) is 0 Å². The predicted octanol–water partition coefficient (Wildman–Crippen LogP) is 1.70. The molecule has 0 aliphatic rings. The van der Waals surface area contributed by atoms with Crippen molar-refractivity contribution in [1.29, 1.82) is 0 Å². The van der Waals surface area contributed by atoms with Crippen molar-refractivity contribution in [3.63, 3.8) is 0 Å². The second-order valence-corrected chi connectivity index (χ2v) is 4.29. The van der Waals surface area contributed by atoms with Crippen LogP contribution >= 0.6 is 0 Å². The second-order valence-electron chi connectivity index (χ2n) is 4.29. The molecule has 2 heterocycles. The van der Waals surface area contributed by atoms with E-state index in [2.05, 4.69) is 30.9 Å². The summed E-state index contributed by atoms with van der Waals surface area (Å²) < 4.78 is 0. The molecule has 0 spiro atoms. The molecule has 0 aliphatic carbocycles. The van der Waals surface area contributed by atoms with Gasteiger partial charge in [0.2, 0.25) is 0 Å². The van der Waals surface area contributed by atoms with Crippen LogP contribution in [-0.4, -0.2) is 30.4 Å². The number of hydrogen-bond acceptors (Lipinski definition) is 5. The topological polar surface area (TPSA) is 84.3 Å². The highest BCUT2D eigenvalue weighted by Crippen LogP contribution is 2.20. The third-order valence-electron chi connectivity index (χ3n) is 2.95. The van der Waals surface area contributed by atoms with Crippen molar-refractivity contribution in [2.45, 2.75) is 20.0 Å². The summed E-state index contributed by atoms with van der Waals surface area (Å²) in [4.78, 5) is 1.54. The van der Waals surface area contributed by atoms with E-state index in [1.54, 1.807) is 6.20 Å². The van der Waals surface area contributed by atoms with Crippen molar-refractivity contribution in [3.8, 4) is 11.3 Å². The lowest BCUT2D eigenvalue weighted by atomic mass is 10.1. The van der Waals surface area contributed by atoms with Gasteiger partial charge in [-0.3, -0.25) is 5.10 Å². The highest BCUT2D eigenvalue weighted by atomic mass is 15.6. The van der Waals surface area contributed by atoms with Crippen LogP contribution in [0.4, 0.5) is 5.95 Å². The molecular formula is C13H15N7. The monoisotopic (exact) mass is 269 g/mol. The third-order valence-corrected chi connectivity index (χ3v) is 2.95. The summed E-state index contributed by atoms with van der Waals surface area (Å²) in [6, 6.07) is 10.1. The lowest BCUT2D eigenvalue weighted by molar-refractivity contribution is 0.552. The maximum Gasteiger partial charge on any atom is 0.263 e. The van der Waals surface area contributed by atoms with E-state index in [1.165, 1.54) is 4.80 Å². The number of aromatic nitrogens is 6. The molecule has 20 heavy (non-hydrogen) atoms. The number of aryl methyl sites for hydroxylation is 1. The second kappa shape index (κ2) is 5.52. The van der Waals surface area contributed by atoms with Gasteiger partial charge in [0.1, 0.15) is 0 Å². The summed E-state index contributed by atoms with van der Waals surface area (Å²) in [7, 11) is 0. The number of nitrogens with one attached hydrogen (secondary N) is 2. The van der Waals surface area contributed by atoms with E-state index in [0.717, 1.165) is 16.8 Å². The molecule has 3 rings (SSSR count). The van der Waals surface area contributed by atoms with Crippen molar-refractivity contribution >= 4 is 5.95 Å². The summed E-state index contributed by atoms with van der Waals surface area (Å²) in [6.07, 6.45) is 1.81. The number of H-pyrrole nitrogens is 1. The van der Waals surface area contributed by atoms with E-state index in [9.17, 15) is 0 Å². The van der Waals surface area contributed by atoms with Gasteiger partial charge in [0, 0.05) is 12.1 Å². The largest absolute Gasteiger partial charge is 0.347 e. The van der Waals surface area contributed by atoms with Crippen molar-refractivity contribution in [1.82, 2.24) is 30.4 Å². The van der Waals surface area contributed by atoms with Crippen LogP contribution in [0.3, 0.4) is 0 Å². The minimum Gasteiger partial charge on any atom is -0.347 e. The van der Waals surface area contributed by atoms with Gasteiger partial charge in [-0.15, -0.1) is 5.10 Å². The van der Waals surface area contributed by atoms with Crippen molar-refractivity contribution in [3.05, 3.63) is 42.1 Å². The molecule has 0 unspecified atom stereocenters. The highest BCUT2D eigenvalue weighted by Gasteiger charge is 2.08. The van der Waals surface area contributed by atoms with Crippen LogP contribution in [0, 0.1) is 0 Å². The van der Waals surface area contributed by atoms with Gasteiger partial charge in [-0.25, -0.2) is 0 Å². The van der Waals surface area contributed by atoms with Crippen LogP contribution in [0.5, 0.6) is 0 Å². The van der Waals surface area contributed by atoms with Crippen LogP contribution < -0.4 is 5.32 Å².